The number of carbonyl (C=O) groups is 1. The summed E-state index contributed by atoms with van der Waals surface area (Å²) in [4.78, 5) is 11.9. The molecule has 1 amide bonds. The minimum absolute atomic E-state index is 0.265. The number of rotatable bonds is 6. The number of hydrogen-bond acceptors (Lipinski definition) is 4. The smallest absolute Gasteiger partial charge is 0.271 e. The van der Waals surface area contributed by atoms with Gasteiger partial charge in [-0.05, 0) is 52.7 Å². The van der Waals surface area contributed by atoms with E-state index in [1.807, 2.05) is 19.1 Å². The molecular weight excluding hydrogens is 360 g/mol. The second kappa shape index (κ2) is 8.33. The molecule has 0 aliphatic carbocycles. The molecule has 0 fully saturated rings. The molecular formula is C17H17BrN2O3. The molecule has 0 aliphatic heterocycles. The summed E-state index contributed by atoms with van der Waals surface area (Å²) < 4.78 is 11.6. The van der Waals surface area contributed by atoms with Gasteiger partial charge in [-0.3, -0.25) is 4.79 Å². The predicted molar refractivity (Wildman–Crippen MR) is 93.4 cm³/mol. The number of nitrogens with zero attached hydrogens (tertiary/aromatic N) is 1. The van der Waals surface area contributed by atoms with Crippen LogP contribution in [0.1, 0.15) is 22.8 Å². The molecule has 120 valence electrons. The molecule has 0 aliphatic rings. The number of methoxy groups -OCH3 is 1. The van der Waals surface area contributed by atoms with Crippen LogP contribution in [0.25, 0.3) is 0 Å². The van der Waals surface area contributed by atoms with Gasteiger partial charge in [0, 0.05) is 5.56 Å². The molecule has 0 heterocycles. The van der Waals surface area contributed by atoms with E-state index >= 15 is 0 Å². The fourth-order valence-corrected chi connectivity index (χ4v) is 2.49. The van der Waals surface area contributed by atoms with E-state index in [1.54, 1.807) is 43.7 Å². The molecule has 0 aromatic heterocycles. The lowest BCUT2D eigenvalue weighted by atomic mass is 10.2. The Hall–Kier alpha value is -2.34. The van der Waals surface area contributed by atoms with Gasteiger partial charge in [-0.2, -0.15) is 5.10 Å². The highest BCUT2D eigenvalue weighted by Crippen LogP contribution is 2.36. The molecule has 1 N–H and O–H groups in total. The molecule has 6 heteroatoms. The molecule has 23 heavy (non-hydrogen) atoms. The first-order valence-electron chi connectivity index (χ1n) is 7.04. The second-order valence-corrected chi connectivity index (χ2v) is 5.39. The predicted octanol–water partition coefficient (Wildman–Crippen LogP) is 3.62. The number of benzene rings is 2. The van der Waals surface area contributed by atoms with Gasteiger partial charge in [0.15, 0.2) is 11.5 Å². The van der Waals surface area contributed by atoms with E-state index in [0.717, 1.165) is 10.0 Å². The maximum atomic E-state index is 11.9. The third kappa shape index (κ3) is 4.56. The summed E-state index contributed by atoms with van der Waals surface area (Å²) in [5.74, 6) is 0.969. The van der Waals surface area contributed by atoms with Crippen molar-refractivity contribution in [3.8, 4) is 11.5 Å². The van der Waals surface area contributed by atoms with Gasteiger partial charge in [0.2, 0.25) is 0 Å². The van der Waals surface area contributed by atoms with Gasteiger partial charge < -0.3 is 9.47 Å². The van der Waals surface area contributed by atoms with Crippen LogP contribution in [0.3, 0.4) is 0 Å². The van der Waals surface area contributed by atoms with Gasteiger partial charge in [-0.15, -0.1) is 0 Å². The highest BCUT2D eigenvalue weighted by Gasteiger charge is 2.10. The van der Waals surface area contributed by atoms with Crippen molar-refractivity contribution in [3.63, 3.8) is 0 Å². The monoisotopic (exact) mass is 376 g/mol. The zero-order chi connectivity index (χ0) is 16.7. The van der Waals surface area contributed by atoms with Gasteiger partial charge in [0.05, 0.1) is 24.4 Å². The van der Waals surface area contributed by atoms with Crippen molar-refractivity contribution < 1.29 is 14.3 Å². The van der Waals surface area contributed by atoms with Crippen LogP contribution in [0.5, 0.6) is 11.5 Å². The number of nitrogens with one attached hydrogen (secondary N) is 1. The molecule has 2 aromatic carbocycles. The van der Waals surface area contributed by atoms with Crippen molar-refractivity contribution >= 4 is 28.1 Å². The Balaban J connectivity index is 2.11. The lowest BCUT2D eigenvalue weighted by Crippen LogP contribution is -2.17. The van der Waals surface area contributed by atoms with Gasteiger partial charge in [-0.1, -0.05) is 18.2 Å². The summed E-state index contributed by atoms with van der Waals surface area (Å²) >= 11 is 3.44. The third-order valence-corrected chi connectivity index (χ3v) is 3.55. The van der Waals surface area contributed by atoms with Crippen LogP contribution in [0.2, 0.25) is 0 Å². The van der Waals surface area contributed by atoms with Crippen molar-refractivity contribution in [1.82, 2.24) is 5.43 Å². The second-order valence-electron chi connectivity index (χ2n) is 4.53. The Labute approximate surface area is 143 Å². The van der Waals surface area contributed by atoms with E-state index in [-0.39, 0.29) is 5.91 Å². The van der Waals surface area contributed by atoms with Crippen LogP contribution in [0.15, 0.2) is 52.0 Å². The SMILES string of the molecule is CCOc1c(Br)cc(/C=N/NC(=O)c2ccccc2)cc1OC. The molecule has 0 saturated heterocycles. The van der Waals surface area contributed by atoms with Gasteiger partial charge in [0.25, 0.3) is 5.91 Å². The number of hydrogen-bond donors (Lipinski definition) is 1. The first-order valence-corrected chi connectivity index (χ1v) is 7.83. The van der Waals surface area contributed by atoms with Gasteiger partial charge >= 0.3 is 0 Å². The Kier molecular flexibility index (Phi) is 6.17. The molecule has 5 nitrogen and oxygen atoms in total. The maximum absolute atomic E-state index is 11.9. The number of halogens is 1. The minimum Gasteiger partial charge on any atom is -0.493 e. The van der Waals surface area contributed by atoms with Gasteiger partial charge in [0.1, 0.15) is 0 Å². The molecule has 0 spiro atoms. The lowest BCUT2D eigenvalue weighted by Gasteiger charge is -2.11. The quantitative estimate of drug-likeness (QED) is 0.618. The van der Waals surface area contributed by atoms with Crippen molar-refractivity contribution in [1.29, 1.82) is 0 Å². The standard InChI is InChI=1S/C17H17BrN2O3/c1-3-23-16-14(18)9-12(10-15(16)22-2)11-19-20-17(21)13-7-5-4-6-8-13/h4-11H,3H2,1-2H3,(H,20,21)/b19-11+. The first-order chi connectivity index (χ1) is 11.2. The van der Waals surface area contributed by atoms with Gasteiger partial charge in [-0.25, -0.2) is 5.43 Å². The van der Waals surface area contributed by atoms with Crippen molar-refractivity contribution in [3.05, 3.63) is 58.1 Å². The van der Waals surface area contributed by atoms with Crippen LogP contribution in [-0.2, 0) is 0 Å². The largest absolute Gasteiger partial charge is 0.493 e. The van der Waals surface area contributed by atoms with E-state index in [2.05, 4.69) is 26.5 Å². The summed E-state index contributed by atoms with van der Waals surface area (Å²) in [7, 11) is 1.57. The average Bonchev–Trinajstić information content (AvgIpc) is 2.57. The summed E-state index contributed by atoms with van der Waals surface area (Å²) in [5, 5.41) is 3.97. The van der Waals surface area contributed by atoms with Crippen LogP contribution in [0.4, 0.5) is 0 Å². The fraction of sp³-hybridized carbons (Fsp3) is 0.176. The minimum atomic E-state index is -0.265. The number of hydrazone groups is 1. The molecule has 0 radical (unpaired) electrons. The van der Waals surface area contributed by atoms with Crippen LogP contribution in [-0.4, -0.2) is 25.8 Å². The summed E-state index contributed by atoms with van der Waals surface area (Å²) in [6.07, 6.45) is 1.55. The third-order valence-electron chi connectivity index (χ3n) is 2.96. The van der Waals surface area contributed by atoms with E-state index in [9.17, 15) is 4.79 Å². The molecule has 0 unspecified atom stereocenters. The zero-order valence-electron chi connectivity index (χ0n) is 12.9. The Morgan fingerprint density at radius 3 is 2.70 bits per heavy atom. The van der Waals surface area contributed by atoms with E-state index in [4.69, 9.17) is 9.47 Å². The molecule has 0 bridgehead atoms. The van der Waals surface area contributed by atoms with Crippen molar-refractivity contribution in [2.24, 2.45) is 5.10 Å². The Bertz CT molecular complexity index is 702. The van der Waals surface area contributed by atoms with Crippen LogP contribution >= 0.6 is 15.9 Å². The number of carbonyl (C=O) groups excluding carboxylic acids is 1. The topological polar surface area (TPSA) is 59.9 Å². The number of amides is 1. The van der Waals surface area contributed by atoms with Crippen molar-refractivity contribution in [2.45, 2.75) is 6.92 Å². The molecule has 0 saturated carbocycles. The molecule has 2 aromatic rings. The lowest BCUT2D eigenvalue weighted by molar-refractivity contribution is 0.0955. The van der Waals surface area contributed by atoms with E-state index in [0.29, 0.717) is 23.7 Å². The highest BCUT2D eigenvalue weighted by atomic mass is 79.9. The maximum Gasteiger partial charge on any atom is 0.271 e. The molecule has 2 rings (SSSR count). The normalized spacial score (nSPS) is 10.6. The summed E-state index contributed by atoms with van der Waals surface area (Å²) in [6, 6.07) is 12.5. The summed E-state index contributed by atoms with van der Waals surface area (Å²) in [5.41, 5.74) is 3.81. The van der Waals surface area contributed by atoms with E-state index < -0.39 is 0 Å². The Morgan fingerprint density at radius 2 is 2.04 bits per heavy atom. The number of ether oxygens (including phenoxy) is 2. The Morgan fingerprint density at radius 1 is 1.30 bits per heavy atom. The fourth-order valence-electron chi connectivity index (χ4n) is 1.92. The van der Waals surface area contributed by atoms with E-state index in [1.165, 1.54) is 0 Å². The van der Waals surface area contributed by atoms with Crippen molar-refractivity contribution in [2.75, 3.05) is 13.7 Å². The summed E-state index contributed by atoms with van der Waals surface area (Å²) in [6.45, 7) is 2.44. The first kappa shape index (κ1) is 17.0. The van der Waals surface area contributed by atoms with Crippen LogP contribution < -0.4 is 14.9 Å². The highest BCUT2D eigenvalue weighted by molar-refractivity contribution is 9.10. The van der Waals surface area contributed by atoms with Crippen LogP contribution in [0, 0.1) is 0 Å². The average molecular weight is 377 g/mol. The zero-order valence-corrected chi connectivity index (χ0v) is 14.5. The molecule has 0 atom stereocenters.